The van der Waals surface area contributed by atoms with Gasteiger partial charge in [-0.15, -0.1) is 22.7 Å². The van der Waals surface area contributed by atoms with E-state index in [-0.39, 0.29) is 7.43 Å². The molecule has 124 heavy (non-hydrogen) atoms. The van der Waals surface area contributed by atoms with E-state index in [2.05, 4.69) is 433 Å². The molecule has 0 saturated heterocycles. The first-order chi connectivity index (χ1) is 60.9. The van der Waals surface area contributed by atoms with Gasteiger partial charge in [0.25, 0.3) is 0 Å². The van der Waals surface area contributed by atoms with Crippen molar-refractivity contribution in [2.45, 2.75) is 7.43 Å². The van der Waals surface area contributed by atoms with Crippen molar-refractivity contribution in [3.05, 3.63) is 429 Å². The van der Waals surface area contributed by atoms with Gasteiger partial charge in [0.2, 0.25) is 0 Å². The SMILES string of the molecule is Brc1ccc(-c2cc3c4ccccc4oc3c3ccccc23)cc1.C.c1ccc2c(-c3ccc(N(c4ccc(-c5cc6c7ccccc7oc6c6ccccc56)cc4)c4cc5ccccc5c5c4sc4ccc6ccccc6c45)cc3)cccc2c1.c1ccc2c(-c3ccc(Nc4cc5ccccc5c5c4sc4ccc6ccccc6c45)cc3)cccc2c1. The van der Waals surface area contributed by atoms with Crippen molar-refractivity contribution in [3.63, 3.8) is 0 Å². The molecule has 0 saturated carbocycles. The average molecular weight is 1680 g/mol. The predicted molar refractivity (Wildman–Crippen MR) is 540 cm³/mol. The molecule has 26 aromatic rings. The number of nitrogens with one attached hydrogen (secondary N) is 1. The molecule has 0 amide bonds. The van der Waals surface area contributed by atoms with E-state index in [1.807, 2.05) is 40.9 Å². The van der Waals surface area contributed by atoms with Gasteiger partial charge in [0, 0.05) is 84.8 Å². The van der Waals surface area contributed by atoms with E-state index in [9.17, 15) is 0 Å². The maximum atomic E-state index is 6.47. The highest BCUT2D eigenvalue weighted by atomic mass is 79.9. The first-order valence-corrected chi connectivity index (χ1v) is 44.1. The molecule has 4 heterocycles. The van der Waals surface area contributed by atoms with Crippen LogP contribution in [-0.2, 0) is 0 Å². The molecule has 1 N–H and O–H groups in total. The minimum Gasteiger partial charge on any atom is -0.455 e. The zero-order valence-corrected chi connectivity index (χ0v) is 69.6. The van der Waals surface area contributed by atoms with Crippen molar-refractivity contribution in [2.75, 3.05) is 10.2 Å². The van der Waals surface area contributed by atoms with Crippen LogP contribution in [0.3, 0.4) is 0 Å². The Labute approximate surface area is 731 Å². The van der Waals surface area contributed by atoms with Gasteiger partial charge in [-0.25, -0.2) is 0 Å². The summed E-state index contributed by atoms with van der Waals surface area (Å²) in [6, 6.07) is 153. The molecule has 0 atom stereocenters. The Bertz CT molecular complexity index is 8730. The van der Waals surface area contributed by atoms with Crippen LogP contribution in [0.5, 0.6) is 0 Å². The number of halogens is 1. The molecular weight excluding hydrogens is 1610 g/mol. The van der Waals surface area contributed by atoms with Gasteiger partial charge in [-0.3, -0.25) is 0 Å². The fraction of sp³-hybridized carbons (Fsp3) is 0.00855. The molecule has 584 valence electrons. The first kappa shape index (κ1) is 74.1. The van der Waals surface area contributed by atoms with Crippen LogP contribution in [0.4, 0.5) is 28.4 Å². The molecule has 0 radical (unpaired) electrons. The zero-order valence-electron chi connectivity index (χ0n) is 66.4. The summed E-state index contributed by atoms with van der Waals surface area (Å²) in [5.41, 5.74) is 19.1. The minimum absolute atomic E-state index is 0. The maximum Gasteiger partial charge on any atom is 0.143 e. The third-order valence-corrected chi connectivity index (χ3v) is 27.7. The van der Waals surface area contributed by atoms with Crippen LogP contribution in [0.1, 0.15) is 7.43 Å². The Balaban J connectivity index is 0.000000119. The molecule has 26 rings (SSSR count). The predicted octanol–water partition coefficient (Wildman–Crippen LogP) is 36.1. The number of rotatable bonds is 9. The summed E-state index contributed by atoms with van der Waals surface area (Å²) in [4.78, 5) is 2.47. The lowest BCUT2D eigenvalue weighted by Crippen LogP contribution is -2.10. The molecule has 4 aromatic heterocycles. The quantitative estimate of drug-likeness (QED) is 0.156. The molecule has 0 aliphatic rings. The number of nitrogens with zero attached hydrogens (tertiary/aromatic N) is 1. The van der Waals surface area contributed by atoms with Crippen LogP contribution in [0.25, 0.3) is 215 Å². The van der Waals surface area contributed by atoms with Crippen molar-refractivity contribution in [2.24, 2.45) is 0 Å². The highest BCUT2D eigenvalue weighted by Gasteiger charge is 2.25. The molecule has 7 heteroatoms. The van der Waals surface area contributed by atoms with E-state index in [0.717, 1.165) is 82.0 Å². The van der Waals surface area contributed by atoms with Crippen molar-refractivity contribution in [1.29, 1.82) is 0 Å². The Kier molecular flexibility index (Phi) is 18.3. The van der Waals surface area contributed by atoms with Gasteiger partial charge >= 0.3 is 0 Å². The van der Waals surface area contributed by atoms with E-state index in [1.54, 1.807) is 0 Å². The summed E-state index contributed by atoms with van der Waals surface area (Å²) in [7, 11) is 0. The smallest absolute Gasteiger partial charge is 0.143 e. The lowest BCUT2D eigenvalue weighted by atomic mass is 9.95. The number of fused-ring (bicyclic) bond motifs is 26. The number of hydrogen-bond donors (Lipinski definition) is 1. The van der Waals surface area contributed by atoms with Crippen molar-refractivity contribution in [1.82, 2.24) is 0 Å². The van der Waals surface area contributed by atoms with Crippen LogP contribution in [0, 0.1) is 0 Å². The number of benzene rings is 22. The zero-order chi connectivity index (χ0) is 81.2. The highest BCUT2D eigenvalue weighted by Crippen LogP contribution is 2.53. The fourth-order valence-corrected chi connectivity index (χ4v) is 21.8. The van der Waals surface area contributed by atoms with Gasteiger partial charge in [0.15, 0.2) is 0 Å². The second-order valence-electron chi connectivity index (χ2n) is 31.8. The third-order valence-electron chi connectivity index (χ3n) is 24.8. The number of thiophene rings is 2. The summed E-state index contributed by atoms with van der Waals surface area (Å²) in [6.07, 6.45) is 0. The molecule has 0 bridgehead atoms. The number of para-hydroxylation sites is 2. The van der Waals surface area contributed by atoms with Crippen LogP contribution in [0.15, 0.2) is 438 Å². The van der Waals surface area contributed by atoms with Gasteiger partial charge in [-0.1, -0.05) is 351 Å². The van der Waals surface area contributed by atoms with Crippen molar-refractivity contribution >= 4 is 237 Å². The normalized spacial score (nSPS) is 11.7. The van der Waals surface area contributed by atoms with E-state index >= 15 is 0 Å². The van der Waals surface area contributed by atoms with Crippen LogP contribution >= 0.6 is 38.6 Å². The maximum absolute atomic E-state index is 6.47. The van der Waals surface area contributed by atoms with Gasteiger partial charge in [-0.05, 0) is 217 Å². The third kappa shape index (κ3) is 12.6. The van der Waals surface area contributed by atoms with Gasteiger partial charge < -0.3 is 19.1 Å². The van der Waals surface area contributed by atoms with E-state index in [1.165, 1.54) is 166 Å². The van der Waals surface area contributed by atoms with Crippen LogP contribution in [-0.4, -0.2) is 0 Å². The van der Waals surface area contributed by atoms with E-state index < -0.39 is 0 Å². The lowest BCUT2D eigenvalue weighted by molar-refractivity contribution is 0.672. The Hall–Kier alpha value is -15.0. The monoisotopic (exact) mass is 1680 g/mol. The molecule has 4 nitrogen and oxygen atoms in total. The Morgan fingerprint density at radius 3 is 1.05 bits per heavy atom. The standard InChI is InChI=1S/C58H35NOS.C36H23NS.C22H13BrO.CH4/c1-4-16-43-36(12-1)15-11-22-44(43)38-24-29-41(30-25-38)59(52-34-40-14-3-6-18-46(40)56-55-45-17-5-2-13-37(45)28-33-54(55)61-58(52)56)42-31-26-39(27-32-42)50-35-51-48-20-9-10-23-53(48)60-57(51)49-21-8-7-19-47(49)50;1-4-12-28-23(8-1)11-7-15-29(28)25-16-19-27(20-17-25)37-32-22-26-10-3-6-14-31(26)35-34-30-13-5-2-9-24(30)18-21-33(34)38-36(32)35;23-15-11-9-14(10-12-15)19-13-20-17-6-3-4-8-21(17)24-22(20)18-7-2-1-5-16(18)19;/h1-35H;1-22,37H;1-13H;1H4. The van der Waals surface area contributed by atoms with Crippen LogP contribution < -0.4 is 10.2 Å². The molecule has 22 aromatic carbocycles. The van der Waals surface area contributed by atoms with Gasteiger partial charge in [-0.2, -0.15) is 0 Å². The Morgan fingerprint density at radius 1 is 0.242 bits per heavy atom. The molecule has 0 unspecified atom stereocenters. The average Bonchev–Trinajstić information content (AvgIpc) is 1.72. The van der Waals surface area contributed by atoms with E-state index in [4.69, 9.17) is 8.83 Å². The summed E-state index contributed by atoms with van der Waals surface area (Å²) in [5.74, 6) is 0. The second kappa shape index (κ2) is 30.6. The summed E-state index contributed by atoms with van der Waals surface area (Å²) < 4.78 is 18.9. The second-order valence-corrected chi connectivity index (χ2v) is 34.8. The Morgan fingerprint density at radius 2 is 0.581 bits per heavy atom. The lowest BCUT2D eigenvalue weighted by Gasteiger charge is -2.27. The van der Waals surface area contributed by atoms with Gasteiger partial charge in [0.05, 0.1) is 20.8 Å². The van der Waals surface area contributed by atoms with Crippen molar-refractivity contribution in [3.8, 4) is 44.5 Å². The largest absolute Gasteiger partial charge is 0.455 e. The summed E-state index contributed by atoms with van der Waals surface area (Å²) >= 11 is 7.29. The molecule has 0 fully saturated rings. The minimum atomic E-state index is 0. The molecule has 0 aliphatic carbocycles. The topological polar surface area (TPSA) is 41.6 Å². The molecular formula is C117H75BrN2O2S2. The van der Waals surface area contributed by atoms with E-state index in [0.29, 0.717) is 0 Å². The molecule has 0 spiro atoms. The first-order valence-electron chi connectivity index (χ1n) is 41.7. The molecule has 0 aliphatic heterocycles. The fourth-order valence-electron chi connectivity index (χ4n) is 19.1. The van der Waals surface area contributed by atoms with Crippen LogP contribution in [0.2, 0.25) is 0 Å². The highest BCUT2D eigenvalue weighted by molar-refractivity contribution is 9.10. The number of hydrogen-bond acceptors (Lipinski definition) is 6. The van der Waals surface area contributed by atoms with Gasteiger partial charge in [0.1, 0.15) is 22.3 Å². The summed E-state index contributed by atoms with van der Waals surface area (Å²) in [6.45, 7) is 0. The number of anilines is 5. The van der Waals surface area contributed by atoms with Crippen molar-refractivity contribution < 1.29 is 8.83 Å². The summed E-state index contributed by atoms with van der Waals surface area (Å²) in [5, 5.41) is 33.6. The number of furan rings is 2.